The molecule has 3 nitrogen and oxygen atoms in total. The number of hydrogen-bond donors (Lipinski definition) is 0. The van der Waals surface area contributed by atoms with Crippen molar-refractivity contribution in [2.24, 2.45) is 0 Å². The van der Waals surface area contributed by atoms with Crippen molar-refractivity contribution in [1.29, 1.82) is 0 Å². The number of rotatable bonds is 2. The Kier molecular flexibility index (Phi) is 2.41. The van der Waals surface area contributed by atoms with Crippen LogP contribution < -0.4 is 0 Å². The zero-order valence-electron chi connectivity index (χ0n) is 6.54. The molecule has 1 aliphatic rings. The van der Waals surface area contributed by atoms with E-state index in [1.807, 2.05) is 13.0 Å². The Labute approximate surface area is 65.6 Å². The standard InChI is InChI=1S/C8H11NO2/c1-2-7-5-3-4-6-8(7)9(10)11/h4,6H,2-3,5H2,1H3. The molecular formula is C8H11NO2. The number of nitrogens with zero attached hydrogens (tertiary/aromatic N) is 1. The van der Waals surface area contributed by atoms with E-state index in [2.05, 4.69) is 0 Å². The summed E-state index contributed by atoms with van der Waals surface area (Å²) in [5.41, 5.74) is 1.27. The first-order valence-corrected chi connectivity index (χ1v) is 3.78. The Morgan fingerprint density at radius 3 is 2.91 bits per heavy atom. The van der Waals surface area contributed by atoms with Gasteiger partial charge in [-0.05, 0) is 19.3 Å². The largest absolute Gasteiger partial charge is 0.268 e. The van der Waals surface area contributed by atoms with Gasteiger partial charge in [0, 0.05) is 11.6 Å². The molecule has 0 aromatic carbocycles. The molecule has 1 aliphatic carbocycles. The van der Waals surface area contributed by atoms with Gasteiger partial charge in [0.1, 0.15) is 0 Å². The molecule has 0 fully saturated rings. The molecule has 0 aliphatic heterocycles. The Balaban J connectivity index is 2.92. The molecule has 0 aromatic rings. The van der Waals surface area contributed by atoms with E-state index in [0.29, 0.717) is 5.70 Å². The van der Waals surface area contributed by atoms with Crippen LogP contribution in [0.4, 0.5) is 0 Å². The lowest BCUT2D eigenvalue weighted by atomic mass is 10.0. The van der Waals surface area contributed by atoms with Gasteiger partial charge < -0.3 is 0 Å². The molecule has 0 heterocycles. The van der Waals surface area contributed by atoms with E-state index in [1.54, 1.807) is 6.08 Å². The molecule has 60 valence electrons. The Morgan fingerprint density at radius 1 is 1.73 bits per heavy atom. The maximum atomic E-state index is 10.4. The average Bonchev–Trinajstić information content (AvgIpc) is 2.04. The summed E-state index contributed by atoms with van der Waals surface area (Å²) in [6.45, 7) is 1.96. The Hall–Kier alpha value is -1.12. The fraction of sp³-hybridized carbons (Fsp3) is 0.500. The highest BCUT2D eigenvalue weighted by Crippen LogP contribution is 2.21. The minimum atomic E-state index is -0.297. The van der Waals surface area contributed by atoms with Crippen LogP contribution in [0.3, 0.4) is 0 Å². The molecule has 11 heavy (non-hydrogen) atoms. The van der Waals surface area contributed by atoms with Crippen molar-refractivity contribution in [2.75, 3.05) is 0 Å². The van der Waals surface area contributed by atoms with Gasteiger partial charge in [-0.25, -0.2) is 0 Å². The average molecular weight is 153 g/mol. The maximum Gasteiger partial charge on any atom is 0.268 e. The van der Waals surface area contributed by atoms with Crippen LogP contribution >= 0.6 is 0 Å². The molecule has 0 N–H and O–H groups in total. The van der Waals surface area contributed by atoms with Gasteiger partial charge in [0.05, 0.1) is 4.92 Å². The van der Waals surface area contributed by atoms with Gasteiger partial charge in [-0.2, -0.15) is 0 Å². The van der Waals surface area contributed by atoms with E-state index < -0.39 is 0 Å². The van der Waals surface area contributed by atoms with Crippen molar-refractivity contribution in [3.05, 3.63) is 33.5 Å². The van der Waals surface area contributed by atoms with Gasteiger partial charge in [-0.15, -0.1) is 0 Å². The molecule has 0 atom stereocenters. The van der Waals surface area contributed by atoms with E-state index in [0.717, 1.165) is 24.8 Å². The lowest BCUT2D eigenvalue weighted by Gasteiger charge is -2.06. The van der Waals surface area contributed by atoms with Gasteiger partial charge in [-0.1, -0.05) is 13.0 Å². The quantitative estimate of drug-likeness (QED) is 0.451. The van der Waals surface area contributed by atoms with E-state index in [9.17, 15) is 10.1 Å². The SMILES string of the molecule is CCC1=C([N+](=O)[O-])C=CCC1. The highest BCUT2D eigenvalue weighted by molar-refractivity contribution is 5.23. The van der Waals surface area contributed by atoms with Crippen LogP contribution in [0.15, 0.2) is 23.4 Å². The number of allylic oxidation sites excluding steroid dienone is 3. The second-order valence-corrected chi connectivity index (χ2v) is 2.54. The van der Waals surface area contributed by atoms with Crippen molar-refractivity contribution in [3.8, 4) is 0 Å². The summed E-state index contributed by atoms with van der Waals surface area (Å²) in [6.07, 6.45) is 6.06. The maximum absolute atomic E-state index is 10.4. The zero-order valence-corrected chi connectivity index (χ0v) is 6.54. The molecule has 0 bridgehead atoms. The van der Waals surface area contributed by atoms with Crippen molar-refractivity contribution >= 4 is 0 Å². The second-order valence-electron chi connectivity index (χ2n) is 2.54. The summed E-state index contributed by atoms with van der Waals surface area (Å²) in [7, 11) is 0. The predicted molar refractivity (Wildman–Crippen MR) is 42.7 cm³/mol. The van der Waals surface area contributed by atoms with Crippen LogP contribution in [-0.2, 0) is 0 Å². The normalized spacial score (nSPS) is 17.2. The molecule has 0 saturated carbocycles. The van der Waals surface area contributed by atoms with Crippen molar-refractivity contribution < 1.29 is 4.92 Å². The first-order chi connectivity index (χ1) is 5.25. The fourth-order valence-corrected chi connectivity index (χ4v) is 1.25. The van der Waals surface area contributed by atoms with Crippen molar-refractivity contribution in [2.45, 2.75) is 26.2 Å². The minimum absolute atomic E-state index is 0.297. The van der Waals surface area contributed by atoms with Crippen LogP contribution in [0, 0.1) is 10.1 Å². The van der Waals surface area contributed by atoms with Gasteiger partial charge in [0.15, 0.2) is 0 Å². The molecule has 0 saturated heterocycles. The Bertz CT molecular complexity index is 228. The van der Waals surface area contributed by atoms with Gasteiger partial charge in [0.2, 0.25) is 0 Å². The number of nitro groups is 1. The van der Waals surface area contributed by atoms with Crippen molar-refractivity contribution in [3.63, 3.8) is 0 Å². The lowest BCUT2D eigenvalue weighted by Crippen LogP contribution is -2.03. The summed E-state index contributed by atoms with van der Waals surface area (Å²) in [6, 6.07) is 0. The third-order valence-electron chi connectivity index (χ3n) is 1.87. The van der Waals surface area contributed by atoms with Crippen LogP contribution in [0.5, 0.6) is 0 Å². The van der Waals surface area contributed by atoms with Crippen LogP contribution in [-0.4, -0.2) is 4.92 Å². The van der Waals surface area contributed by atoms with Gasteiger partial charge >= 0.3 is 0 Å². The summed E-state index contributed by atoms with van der Waals surface area (Å²) in [5.74, 6) is 0. The zero-order chi connectivity index (χ0) is 8.27. The van der Waals surface area contributed by atoms with Crippen LogP contribution in [0.25, 0.3) is 0 Å². The molecule has 0 aromatic heterocycles. The van der Waals surface area contributed by atoms with Crippen LogP contribution in [0.1, 0.15) is 26.2 Å². The first kappa shape index (κ1) is 7.98. The monoisotopic (exact) mass is 153 g/mol. The first-order valence-electron chi connectivity index (χ1n) is 3.78. The molecule has 3 heteroatoms. The summed E-state index contributed by atoms with van der Waals surface area (Å²) >= 11 is 0. The summed E-state index contributed by atoms with van der Waals surface area (Å²) in [5, 5.41) is 10.4. The highest BCUT2D eigenvalue weighted by atomic mass is 16.6. The van der Waals surface area contributed by atoms with E-state index in [1.165, 1.54) is 0 Å². The lowest BCUT2D eigenvalue weighted by molar-refractivity contribution is -0.420. The second kappa shape index (κ2) is 3.32. The van der Waals surface area contributed by atoms with Crippen LogP contribution in [0.2, 0.25) is 0 Å². The van der Waals surface area contributed by atoms with Gasteiger partial charge in [-0.3, -0.25) is 10.1 Å². The van der Waals surface area contributed by atoms with Crippen molar-refractivity contribution in [1.82, 2.24) is 0 Å². The third-order valence-corrected chi connectivity index (χ3v) is 1.87. The van der Waals surface area contributed by atoms with E-state index in [4.69, 9.17) is 0 Å². The predicted octanol–water partition coefficient (Wildman–Crippen LogP) is 2.28. The third kappa shape index (κ3) is 1.67. The molecule has 1 rings (SSSR count). The highest BCUT2D eigenvalue weighted by Gasteiger charge is 2.15. The summed E-state index contributed by atoms with van der Waals surface area (Å²) < 4.78 is 0. The number of hydrogen-bond acceptors (Lipinski definition) is 2. The molecule has 0 radical (unpaired) electrons. The summed E-state index contributed by atoms with van der Waals surface area (Å²) in [4.78, 5) is 10.1. The van der Waals surface area contributed by atoms with E-state index >= 15 is 0 Å². The topological polar surface area (TPSA) is 43.1 Å². The smallest absolute Gasteiger partial charge is 0.258 e. The minimum Gasteiger partial charge on any atom is -0.258 e. The van der Waals surface area contributed by atoms with Gasteiger partial charge in [0.25, 0.3) is 5.70 Å². The Morgan fingerprint density at radius 2 is 2.45 bits per heavy atom. The fourth-order valence-electron chi connectivity index (χ4n) is 1.25. The molecule has 0 amide bonds. The molecular weight excluding hydrogens is 142 g/mol. The molecule has 0 spiro atoms. The van der Waals surface area contributed by atoms with E-state index in [-0.39, 0.29) is 4.92 Å². The molecule has 0 unspecified atom stereocenters.